The smallest absolute Gasteiger partial charge is 0.269 e. The fourth-order valence-corrected chi connectivity index (χ4v) is 4.14. The highest BCUT2D eigenvalue weighted by Gasteiger charge is 2.27. The van der Waals surface area contributed by atoms with Gasteiger partial charge in [0.15, 0.2) is 0 Å². The van der Waals surface area contributed by atoms with Gasteiger partial charge >= 0.3 is 0 Å². The maximum atomic E-state index is 13.2. The van der Waals surface area contributed by atoms with Crippen LogP contribution in [0.5, 0.6) is 5.75 Å². The molecule has 0 saturated heterocycles. The summed E-state index contributed by atoms with van der Waals surface area (Å²) in [7, 11) is 1.33. The second-order valence-corrected chi connectivity index (χ2v) is 10.8. The summed E-state index contributed by atoms with van der Waals surface area (Å²) in [5.41, 5.74) is 12.4. The quantitative estimate of drug-likeness (QED) is 0.105. The zero-order chi connectivity index (χ0) is 33.0. The molecule has 0 aliphatic heterocycles. The minimum absolute atomic E-state index is 0.0260. The first-order valence-electron chi connectivity index (χ1n) is 13.8. The molecule has 238 valence electrons. The molecule has 0 unspecified atom stereocenters. The summed E-state index contributed by atoms with van der Waals surface area (Å²) in [5, 5.41) is 27.9. The largest absolute Gasteiger partial charge is 0.508 e. The van der Waals surface area contributed by atoms with Crippen molar-refractivity contribution < 1.29 is 34.0 Å². The average molecular weight is 614 g/mol. The molecule has 8 N–H and O–H groups in total. The van der Waals surface area contributed by atoms with Crippen molar-refractivity contribution in [2.24, 2.45) is 17.4 Å². The third-order valence-electron chi connectivity index (χ3n) is 6.55. The Labute approximate surface area is 254 Å². The summed E-state index contributed by atoms with van der Waals surface area (Å²) < 4.78 is 0. The molecule has 0 aromatic heterocycles. The highest BCUT2D eigenvalue weighted by molar-refractivity contribution is 5.93. The number of nitro groups is 1. The number of aromatic hydroxyl groups is 1. The Morgan fingerprint density at radius 1 is 0.909 bits per heavy atom. The fraction of sp³-hybridized carbons (Fsp3) is 0.414. The topological polar surface area (TPSA) is 240 Å². The Morgan fingerprint density at radius 2 is 1.48 bits per heavy atom. The number of nitrogens with one attached hydrogen (secondary N) is 3. The van der Waals surface area contributed by atoms with E-state index in [0.717, 1.165) is 4.90 Å². The molecule has 2 aromatic rings. The van der Waals surface area contributed by atoms with Gasteiger partial charge in [0.05, 0.1) is 24.1 Å². The summed E-state index contributed by atoms with van der Waals surface area (Å²) in [6.45, 7) is 2.78. The third kappa shape index (κ3) is 11.7. The molecule has 0 bridgehead atoms. The number of carbonyl (C=O) groups excluding carboxylic acids is 5. The first-order valence-corrected chi connectivity index (χ1v) is 13.8. The fourth-order valence-electron chi connectivity index (χ4n) is 4.14. The zero-order valence-corrected chi connectivity index (χ0v) is 24.8. The van der Waals surface area contributed by atoms with E-state index >= 15 is 0 Å². The van der Waals surface area contributed by atoms with Crippen molar-refractivity contribution in [2.45, 2.75) is 51.2 Å². The summed E-state index contributed by atoms with van der Waals surface area (Å²) in [6, 6.07) is 8.40. The minimum Gasteiger partial charge on any atom is -0.508 e. The lowest BCUT2D eigenvalue weighted by Crippen LogP contribution is -2.55. The second-order valence-electron chi connectivity index (χ2n) is 10.8. The standard InChI is InChI=1S/C29H39N7O8/c1-17(2)12-23(27(31)40)34-29(42)24(14-19-4-8-20(9-5-19)36(43)44)33-25(38)16-35(3)26(39)15-32-28(41)22(30)13-18-6-10-21(37)11-7-18/h4-11,17,22-24,37H,12-16,30H2,1-3H3,(H2,31,40)(H,32,41)(H,33,38)(H,34,42)/t22-,23-,24-/m0/s1. The molecule has 2 rings (SSSR count). The number of benzene rings is 2. The van der Waals surface area contributed by atoms with Gasteiger partial charge in [0.2, 0.25) is 29.5 Å². The maximum Gasteiger partial charge on any atom is 0.269 e. The van der Waals surface area contributed by atoms with Crippen LogP contribution in [-0.2, 0) is 36.8 Å². The number of hydrogen-bond donors (Lipinski definition) is 6. The molecule has 0 aliphatic rings. The van der Waals surface area contributed by atoms with Crippen molar-refractivity contribution in [1.29, 1.82) is 0 Å². The summed E-state index contributed by atoms with van der Waals surface area (Å²) in [4.78, 5) is 74.4. The number of non-ortho nitro benzene ring substituents is 1. The second kappa shape index (κ2) is 16.6. The molecular formula is C29H39N7O8. The van der Waals surface area contributed by atoms with Gasteiger partial charge in [-0.05, 0) is 42.0 Å². The number of rotatable bonds is 16. The van der Waals surface area contributed by atoms with Crippen molar-refractivity contribution in [3.8, 4) is 5.75 Å². The van der Waals surface area contributed by atoms with Crippen molar-refractivity contribution in [3.63, 3.8) is 0 Å². The minimum atomic E-state index is -1.21. The van der Waals surface area contributed by atoms with Crippen LogP contribution in [0.3, 0.4) is 0 Å². The Kier molecular flexibility index (Phi) is 13.2. The summed E-state index contributed by atoms with van der Waals surface area (Å²) >= 11 is 0. The lowest BCUT2D eigenvalue weighted by molar-refractivity contribution is -0.384. The first kappa shape index (κ1) is 35.1. The lowest BCUT2D eigenvalue weighted by Gasteiger charge is -2.24. The van der Waals surface area contributed by atoms with Crippen molar-refractivity contribution >= 4 is 35.2 Å². The Balaban J connectivity index is 2.02. The molecule has 5 amide bonds. The van der Waals surface area contributed by atoms with Gasteiger partial charge in [0, 0.05) is 25.6 Å². The molecule has 0 radical (unpaired) electrons. The number of phenols is 1. The van der Waals surface area contributed by atoms with Gasteiger partial charge < -0.3 is 37.4 Å². The molecule has 15 nitrogen and oxygen atoms in total. The van der Waals surface area contributed by atoms with E-state index in [-0.39, 0.29) is 36.6 Å². The van der Waals surface area contributed by atoms with E-state index in [9.17, 15) is 39.2 Å². The van der Waals surface area contributed by atoms with Gasteiger partial charge in [-0.25, -0.2) is 0 Å². The van der Waals surface area contributed by atoms with Crippen LogP contribution >= 0.6 is 0 Å². The normalized spacial score (nSPS) is 12.8. The van der Waals surface area contributed by atoms with Crippen molar-refractivity contribution in [1.82, 2.24) is 20.9 Å². The van der Waals surface area contributed by atoms with Crippen LogP contribution in [0.2, 0.25) is 0 Å². The summed E-state index contributed by atoms with van der Waals surface area (Å²) in [5.74, 6) is -3.26. The molecule has 0 spiro atoms. The lowest BCUT2D eigenvalue weighted by atomic mass is 10.0. The molecule has 15 heteroatoms. The number of phenolic OH excluding ortho intramolecular Hbond substituents is 1. The van der Waals surface area contributed by atoms with E-state index in [1.807, 2.05) is 13.8 Å². The van der Waals surface area contributed by atoms with E-state index in [1.54, 1.807) is 12.1 Å². The van der Waals surface area contributed by atoms with Gasteiger partial charge in [-0.3, -0.25) is 34.1 Å². The SMILES string of the molecule is CC(C)C[C@H](NC(=O)[C@H](Cc1ccc([N+](=O)[O-])cc1)NC(=O)CN(C)C(=O)CNC(=O)[C@@H](N)Cc1ccc(O)cc1)C(N)=O. The number of hydrogen-bond acceptors (Lipinski definition) is 9. The molecule has 0 saturated carbocycles. The number of primary amides is 1. The van der Waals surface area contributed by atoms with Gasteiger partial charge in [-0.2, -0.15) is 0 Å². The predicted molar refractivity (Wildman–Crippen MR) is 160 cm³/mol. The predicted octanol–water partition coefficient (Wildman–Crippen LogP) is -0.511. The Bertz CT molecular complexity index is 1330. The van der Waals surface area contributed by atoms with E-state index < -0.39 is 65.7 Å². The van der Waals surface area contributed by atoms with Crippen molar-refractivity contribution in [2.75, 3.05) is 20.1 Å². The Hall–Kier alpha value is -5.05. The number of nitrogens with two attached hydrogens (primary N) is 2. The van der Waals surface area contributed by atoms with Crippen LogP contribution in [0, 0.1) is 16.0 Å². The molecule has 2 aromatic carbocycles. The van der Waals surface area contributed by atoms with Crippen LogP contribution in [-0.4, -0.2) is 82.7 Å². The molecule has 0 aliphatic carbocycles. The summed E-state index contributed by atoms with van der Waals surface area (Å²) in [6.07, 6.45) is 0.362. The highest BCUT2D eigenvalue weighted by Crippen LogP contribution is 2.14. The van der Waals surface area contributed by atoms with E-state index in [1.165, 1.54) is 43.4 Å². The van der Waals surface area contributed by atoms with Crippen molar-refractivity contribution in [3.05, 3.63) is 69.8 Å². The number of nitrogens with zero attached hydrogens (tertiary/aromatic N) is 2. The van der Waals surface area contributed by atoms with E-state index in [2.05, 4.69) is 16.0 Å². The molecule has 0 fully saturated rings. The van der Waals surface area contributed by atoms with Crippen LogP contribution in [0.4, 0.5) is 5.69 Å². The highest BCUT2D eigenvalue weighted by atomic mass is 16.6. The van der Waals surface area contributed by atoms with Crippen LogP contribution in [0.25, 0.3) is 0 Å². The molecule has 0 heterocycles. The van der Waals surface area contributed by atoms with Crippen LogP contribution < -0.4 is 27.4 Å². The number of nitro benzene ring substituents is 1. The molecular weight excluding hydrogens is 574 g/mol. The number of carbonyl (C=O) groups is 5. The monoisotopic (exact) mass is 613 g/mol. The number of likely N-dealkylation sites (N-methyl/N-ethyl adjacent to an activating group) is 1. The van der Waals surface area contributed by atoms with Gasteiger partial charge in [0.25, 0.3) is 5.69 Å². The Morgan fingerprint density at radius 3 is 2.02 bits per heavy atom. The van der Waals surface area contributed by atoms with E-state index in [0.29, 0.717) is 11.1 Å². The van der Waals surface area contributed by atoms with Gasteiger partial charge in [-0.1, -0.05) is 38.1 Å². The average Bonchev–Trinajstić information content (AvgIpc) is 2.95. The van der Waals surface area contributed by atoms with Crippen LogP contribution in [0.15, 0.2) is 48.5 Å². The molecule has 3 atom stereocenters. The van der Waals surface area contributed by atoms with Gasteiger partial charge in [0.1, 0.15) is 17.8 Å². The van der Waals surface area contributed by atoms with Gasteiger partial charge in [-0.15, -0.1) is 0 Å². The van der Waals surface area contributed by atoms with E-state index in [4.69, 9.17) is 11.5 Å². The third-order valence-corrected chi connectivity index (χ3v) is 6.55. The zero-order valence-electron chi connectivity index (χ0n) is 24.8. The number of amides is 5. The maximum absolute atomic E-state index is 13.2. The molecule has 44 heavy (non-hydrogen) atoms. The van der Waals surface area contributed by atoms with Crippen LogP contribution in [0.1, 0.15) is 31.4 Å². The first-order chi connectivity index (χ1) is 20.7.